The van der Waals surface area contributed by atoms with Crippen LogP contribution in [0, 0.1) is 0 Å². The van der Waals surface area contributed by atoms with Crippen molar-refractivity contribution < 1.29 is 22.7 Å². The van der Waals surface area contributed by atoms with Crippen LogP contribution in [0.25, 0.3) is 0 Å². The Morgan fingerprint density at radius 3 is 2.47 bits per heavy atom. The molecule has 0 radical (unpaired) electrons. The van der Waals surface area contributed by atoms with Crippen LogP contribution < -0.4 is 0 Å². The van der Waals surface area contributed by atoms with Gasteiger partial charge in [0.05, 0.1) is 19.8 Å². The molecule has 0 heterocycles. The first-order chi connectivity index (χ1) is 8.90. The van der Waals surface area contributed by atoms with E-state index in [9.17, 15) is 13.2 Å². The van der Waals surface area contributed by atoms with E-state index in [1.165, 1.54) is 18.3 Å². The molecular formula is C11H23NO5S2. The summed E-state index contributed by atoms with van der Waals surface area (Å²) >= 11 is 1.60. The molecule has 0 atom stereocenters. The Kier molecular flexibility index (Phi) is 10.5. The van der Waals surface area contributed by atoms with E-state index in [0.717, 1.165) is 5.75 Å². The van der Waals surface area contributed by atoms with Crippen molar-refractivity contribution in [1.29, 1.82) is 0 Å². The second-order valence-corrected chi connectivity index (χ2v) is 7.03. The molecule has 0 aliphatic heterocycles. The number of rotatable bonds is 12. The van der Waals surface area contributed by atoms with Crippen LogP contribution in [-0.2, 0) is 24.3 Å². The summed E-state index contributed by atoms with van der Waals surface area (Å²) in [5, 5.41) is 0. The van der Waals surface area contributed by atoms with Gasteiger partial charge >= 0.3 is 0 Å². The Balaban J connectivity index is 3.78. The van der Waals surface area contributed by atoms with Gasteiger partial charge in [-0.2, -0.15) is 11.8 Å². The van der Waals surface area contributed by atoms with Crippen LogP contribution >= 0.6 is 11.8 Å². The lowest BCUT2D eigenvalue weighted by atomic mass is 10.3. The van der Waals surface area contributed by atoms with E-state index in [1.54, 1.807) is 11.8 Å². The molecule has 6 nitrogen and oxygen atoms in total. The zero-order valence-corrected chi connectivity index (χ0v) is 13.4. The van der Waals surface area contributed by atoms with Gasteiger partial charge in [-0.3, -0.25) is 4.79 Å². The number of thioether (sulfide) groups is 1. The first kappa shape index (κ1) is 18.9. The van der Waals surface area contributed by atoms with Crippen molar-refractivity contribution in [2.45, 2.75) is 13.3 Å². The molecule has 0 aromatic rings. The van der Waals surface area contributed by atoms with Crippen molar-refractivity contribution in [3.63, 3.8) is 0 Å². The van der Waals surface area contributed by atoms with E-state index in [2.05, 4.69) is 0 Å². The van der Waals surface area contributed by atoms with Crippen molar-refractivity contribution in [3.8, 4) is 0 Å². The minimum absolute atomic E-state index is 0.0585. The van der Waals surface area contributed by atoms with Crippen molar-refractivity contribution in [3.05, 3.63) is 0 Å². The monoisotopic (exact) mass is 313 g/mol. The van der Waals surface area contributed by atoms with Gasteiger partial charge in [0.2, 0.25) is 10.0 Å². The minimum atomic E-state index is -3.39. The summed E-state index contributed by atoms with van der Waals surface area (Å²) in [5.41, 5.74) is 0. The Hall–Kier alpha value is -0.150. The molecule has 0 aliphatic carbocycles. The van der Waals surface area contributed by atoms with Crippen molar-refractivity contribution >= 4 is 27.6 Å². The molecule has 114 valence electrons. The molecule has 8 heteroatoms. The molecule has 0 bridgehead atoms. The van der Waals surface area contributed by atoms with Gasteiger partial charge in [-0.05, 0) is 13.2 Å². The second-order valence-electron chi connectivity index (χ2n) is 4.02. The number of Topliss-reactive ketones (excluding diaryl/α,β-unsaturated/α-hetero) is 1. The molecule has 0 unspecified atom stereocenters. The molecule has 0 aliphatic rings. The first-order valence-corrected chi connectivity index (χ1v) is 8.98. The molecule has 0 rings (SSSR count). The Morgan fingerprint density at radius 2 is 1.89 bits per heavy atom. The number of carbonyl (C=O) groups excluding carboxylic acids is 1. The van der Waals surface area contributed by atoms with Gasteiger partial charge in [-0.25, -0.2) is 12.7 Å². The lowest BCUT2D eigenvalue weighted by Gasteiger charge is -2.17. The average Bonchev–Trinajstić information content (AvgIpc) is 2.33. The highest BCUT2D eigenvalue weighted by molar-refractivity contribution is 7.98. The van der Waals surface area contributed by atoms with Gasteiger partial charge < -0.3 is 9.47 Å². The fourth-order valence-electron chi connectivity index (χ4n) is 1.05. The maximum Gasteiger partial charge on any atom is 0.238 e. The predicted octanol–water partition coefficient (Wildman–Crippen LogP) is 0.581. The van der Waals surface area contributed by atoms with Gasteiger partial charge in [0.15, 0.2) is 5.94 Å². The predicted molar refractivity (Wildman–Crippen MR) is 76.9 cm³/mol. The number of ketones is 1. The summed E-state index contributed by atoms with van der Waals surface area (Å²) in [6, 6.07) is 0. The van der Waals surface area contributed by atoms with Crippen molar-refractivity contribution in [2.24, 2.45) is 0 Å². The lowest BCUT2D eigenvalue weighted by Crippen LogP contribution is -2.33. The maximum absolute atomic E-state index is 11.8. The molecule has 0 saturated heterocycles. The molecule has 0 N–H and O–H groups in total. The molecule has 0 spiro atoms. The number of ether oxygens (including phenoxy) is 2. The zero-order valence-electron chi connectivity index (χ0n) is 11.8. The van der Waals surface area contributed by atoms with Crippen LogP contribution in [0.3, 0.4) is 0 Å². The van der Waals surface area contributed by atoms with Gasteiger partial charge in [0.1, 0.15) is 5.78 Å². The zero-order chi connectivity index (χ0) is 14.7. The van der Waals surface area contributed by atoms with Crippen LogP contribution in [0.1, 0.15) is 13.3 Å². The van der Waals surface area contributed by atoms with Crippen LogP contribution in [-0.4, -0.2) is 69.9 Å². The largest absolute Gasteiger partial charge is 0.380 e. The molecule has 0 amide bonds. The molecule has 0 aromatic carbocycles. The third kappa shape index (κ3) is 10.3. The van der Waals surface area contributed by atoms with Crippen LogP contribution in [0.4, 0.5) is 0 Å². The van der Waals surface area contributed by atoms with Crippen LogP contribution in [0.5, 0.6) is 0 Å². The first-order valence-electron chi connectivity index (χ1n) is 5.98. The quantitative estimate of drug-likeness (QED) is 0.491. The van der Waals surface area contributed by atoms with Gasteiger partial charge in [-0.15, -0.1) is 0 Å². The maximum atomic E-state index is 11.8. The summed E-state index contributed by atoms with van der Waals surface area (Å²) in [5.74, 6) is 0.522. The van der Waals surface area contributed by atoms with E-state index >= 15 is 0 Å². The smallest absolute Gasteiger partial charge is 0.238 e. The molecule has 0 aromatic heterocycles. The topological polar surface area (TPSA) is 72.9 Å². The van der Waals surface area contributed by atoms with Gasteiger partial charge in [0, 0.05) is 25.8 Å². The Morgan fingerprint density at radius 1 is 1.21 bits per heavy atom. The third-order valence-electron chi connectivity index (χ3n) is 2.29. The SMILES string of the molecule is CSCCOCS(=O)(=O)N(C)CCOCCC(C)=O. The summed E-state index contributed by atoms with van der Waals surface area (Å²) in [7, 11) is -1.90. The number of likely N-dealkylation sites (N-methyl/N-ethyl adjacent to an activating group) is 1. The normalized spacial score (nSPS) is 12.0. The van der Waals surface area contributed by atoms with Gasteiger partial charge in [-0.1, -0.05) is 0 Å². The summed E-state index contributed by atoms with van der Waals surface area (Å²) in [4.78, 5) is 10.7. The summed E-state index contributed by atoms with van der Waals surface area (Å²) in [6.07, 6.45) is 2.29. The Labute approximate surface area is 119 Å². The summed E-state index contributed by atoms with van der Waals surface area (Å²) in [6.45, 7) is 2.77. The number of carbonyl (C=O) groups is 1. The molecule has 0 saturated carbocycles. The fourth-order valence-corrected chi connectivity index (χ4v) is 2.19. The number of hydrogen-bond acceptors (Lipinski definition) is 6. The number of sulfonamides is 1. The standard InChI is InChI=1S/C11H23NO5S2/c1-11(13)4-6-16-7-5-12(2)19(14,15)10-17-8-9-18-3/h4-10H2,1-3H3. The highest BCUT2D eigenvalue weighted by Gasteiger charge is 2.17. The van der Waals surface area contributed by atoms with Crippen LogP contribution in [0.2, 0.25) is 0 Å². The van der Waals surface area contributed by atoms with Crippen LogP contribution in [0.15, 0.2) is 0 Å². The Bertz CT molecular complexity index is 345. The molecular weight excluding hydrogens is 290 g/mol. The minimum Gasteiger partial charge on any atom is -0.380 e. The molecule has 19 heavy (non-hydrogen) atoms. The van der Waals surface area contributed by atoms with E-state index < -0.39 is 10.0 Å². The van der Waals surface area contributed by atoms with E-state index in [4.69, 9.17) is 9.47 Å². The van der Waals surface area contributed by atoms with E-state index in [-0.39, 0.29) is 24.9 Å². The second kappa shape index (κ2) is 10.6. The highest BCUT2D eigenvalue weighted by Crippen LogP contribution is 2.00. The fraction of sp³-hybridized carbons (Fsp3) is 0.909. The number of nitrogens with zero attached hydrogens (tertiary/aromatic N) is 1. The van der Waals surface area contributed by atoms with Crippen molar-refractivity contribution in [1.82, 2.24) is 4.31 Å². The highest BCUT2D eigenvalue weighted by atomic mass is 32.2. The number of hydrogen-bond donors (Lipinski definition) is 0. The van der Waals surface area contributed by atoms with Crippen molar-refractivity contribution in [2.75, 3.05) is 51.4 Å². The average molecular weight is 313 g/mol. The van der Waals surface area contributed by atoms with E-state index in [1.807, 2.05) is 6.26 Å². The third-order valence-corrected chi connectivity index (χ3v) is 4.46. The van der Waals surface area contributed by atoms with Gasteiger partial charge in [0.25, 0.3) is 0 Å². The summed E-state index contributed by atoms with van der Waals surface area (Å²) < 4.78 is 35.0. The lowest BCUT2D eigenvalue weighted by molar-refractivity contribution is -0.118. The van der Waals surface area contributed by atoms with E-state index in [0.29, 0.717) is 19.6 Å². The molecule has 0 fully saturated rings.